The third-order valence-corrected chi connectivity index (χ3v) is 3.88. The molecule has 2 N–H and O–H groups in total. The Morgan fingerprint density at radius 2 is 1.78 bits per heavy atom. The van der Waals surface area contributed by atoms with E-state index in [2.05, 4.69) is 41.7 Å². The van der Waals surface area contributed by atoms with Crippen molar-refractivity contribution < 1.29 is 0 Å². The minimum absolute atomic E-state index is 0.437. The van der Waals surface area contributed by atoms with Crippen molar-refractivity contribution in [1.82, 2.24) is 15.2 Å². The average molecular weight is 370 g/mol. The molecule has 0 bridgehead atoms. The first kappa shape index (κ1) is 15.4. The fourth-order valence-corrected chi connectivity index (χ4v) is 2.72. The van der Waals surface area contributed by atoms with Crippen LogP contribution in [0.2, 0.25) is 0 Å². The van der Waals surface area contributed by atoms with E-state index in [1.807, 2.05) is 56.3 Å². The van der Waals surface area contributed by atoms with Crippen LogP contribution in [-0.2, 0) is 0 Å². The predicted octanol–water partition coefficient (Wildman–Crippen LogP) is 4.74. The highest BCUT2D eigenvalue weighted by molar-refractivity contribution is 9.10. The maximum Gasteiger partial charge on any atom is 0.249 e. The molecule has 0 saturated heterocycles. The van der Waals surface area contributed by atoms with Crippen LogP contribution >= 0.6 is 15.9 Å². The van der Waals surface area contributed by atoms with E-state index in [0.717, 1.165) is 15.8 Å². The number of hydrogen-bond acceptors (Lipinski definition) is 5. The van der Waals surface area contributed by atoms with Crippen molar-refractivity contribution in [2.24, 2.45) is 0 Å². The quantitative estimate of drug-likeness (QED) is 0.695. The van der Waals surface area contributed by atoms with Crippen molar-refractivity contribution in [3.63, 3.8) is 0 Å². The van der Waals surface area contributed by atoms with E-state index < -0.39 is 0 Å². The summed E-state index contributed by atoms with van der Waals surface area (Å²) >= 11 is 3.53. The standard InChI is InChI=1S/C17H16BrN5/c1-11-4-3-5-13(8-11)20-16-10-19-23-17(22-16)21-15-7-6-12(2)9-14(15)18/h3-10H,1-2H3,(H2,20,21,22,23). The van der Waals surface area contributed by atoms with E-state index in [-0.39, 0.29) is 0 Å². The zero-order valence-corrected chi connectivity index (χ0v) is 14.4. The van der Waals surface area contributed by atoms with Crippen molar-refractivity contribution in [1.29, 1.82) is 0 Å². The molecule has 5 nitrogen and oxygen atoms in total. The average Bonchev–Trinajstić information content (AvgIpc) is 2.51. The van der Waals surface area contributed by atoms with Crippen molar-refractivity contribution in [3.05, 3.63) is 64.3 Å². The van der Waals surface area contributed by atoms with Gasteiger partial charge in [-0.2, -0.15) is 10.1 Å². The van der Waals surface area contributed by atoms with Gasteiger partial charge in [0.05, 0.1) is 11.9 Å². The molecule has 1 aromatic heterocycles. The van der Waals surface area contributed by atoms with Crippen LogP contribution in [0.3, 0.4) is 0 Å². The lowest BCUT2D eigenvalue weighted by molar-refractivity contribution is 0.982. The smallest absolute Gasteiger partial charge is 0.249 e. The van der Waals surface area contributed by atoms with Crippen molar-refractivity contribution in [2.75, 3.05) is 10.6 Å². The molecule has 0 atom stereocenters. The van der Waals surface area contributed by atoms with E-state index in [1.54, 1.807) is 6.20 Å². The molecule has 0 aliphatic carbocycles. The Kier molecular flexibility index (Phi) is 4.52. The second-order valence-corrected chi connectivity index (χ2v) is 6.12. The molecule has 0 saturated carbocycles. The Morgan fingerprint density at radius 1 is 0.957 bits per heavy atom. The minimum Gasteiger partial charge on any atom is -0.339 e. The van der Waals surface area contributed by atoms with E-state index in [1.165, 1.54) is 11.1 Å². The summed E-state index contributed by atoms with van der Waals surface area (Å²) in [6.07, 6.45) is 1.59. The maximum absolute atomic E-state index is 4.44. The van der Waals surface area contributed by atoms with Crippen LogP contribution in [0, 0.1) is 13.8 Å². The van der Waals surface area contributed by atoms with Crippen molar-refractivity contribution in [3.8, 4) is 0 Å². The molecular weight excluding hydrogens is 354 g/mol. The van der Waals surface area contributed by atoms with Gasteiger partial charge in [-0.3, -0.25) is 0 Å². The van der Waals surface area contributed by atoms with Crippen LogP contribution in [0.15, 0.2) is 53.1 Å². The monoisotopic (exact) mass is 369 g/mol. The summed E-state index contributed by atoms with van der Waals surface area (Å²) in [5.74, 6) is 1.07. The normalized spacial score (nSPS) is 10.4. The molecule has 3 rings (SSSR count). The number of aromatic nitrogens is 3. The molecule has 1 heterocycles. The van der Waals surface area contributed by atoms with Gasteiger partial charge < -0.3 is 10.6 Å². The van der Waals surface area contributed by atoms with Crippen LogP contribution in [0.25, 0.3) is 0 Å². The molecule has 3 aromatic rings. The van der Waals surface area contributed by atoms with Gasteiger partial charge in [-0.1, -0.05) is 18.2 Å². The molecule has 0 spiro atoms. The molecule has 0 fully saturated rings. The highest BCUT2D eigenvalue weighted by atomic mass is 79.9. The van der Waals surface area contributed by atoms with Gasteiger partial charge in [-0.15, -0.1) is 5.10 Å². The minimum atomic E-state index is 0.437. The van der Waals surface area contributed by atoms with Gasteiger partial charge in [0, 0.05) is 10.2 Å². The Labute approximate surface area is 143 Å². The van der Waals surface area contributed by atoms with Gasteiger partial charge in [-0.25, -0.2) is 0 Å². The van der Waals surface area contributed by atoms with Crippen molar-refractivity contribution >= 4 is 39.1 Å². The second kappa shape index (κ2) is 6.75. The number of rotatable bonds is 4. The van der Waals surface area contributed by atoms with Gasteiger partial charge in [0.25, 0.3) is 0 Å². The largest absolute Gasteiger partial charge is 0.339 e. The van der Waals surface area contributed by atoms with E-state index in [0.29, 0.717) is 11.8 Å². The van der Waals surface area contributed by atoms with E-state index in [9.17, 15) is 0 Å². The lowest BCUT2D eigenvalue weighted by atomic mass is 10.2. The van der Waals surface area contributed by atoms with Gasteiger partial charge in [-0.05, 0) is 65.2 Å². The molecule has 0 radical (unpaired) electrons. The summed E-state index contributed by atoms with van der Waals surface area (Å²) in [5.41, 5.74) is 4.22. The predicted molar refractivity (Wildman–Crippen MR) is 96.5 cm³/mol. The molecule has 0 amide bonds. The Hall–Kier alpha value is -2.47. The number of nitrogens with zero attached hydrogens (tertiary/aromatic N) is 3. The summed E-state index contributed by atoms with van der Waals surface area (Å²) in [6.45, 7) is 4.09. The summed E-state index contributed by atoms with van der Waals surface area (Å²) in [7, 11) is 0. The van der Waals surface area contributed by atoms with Crippen LogP contribution < -0.4 is 10.6 Å². The number of nitrogens with one attached hydrogen (secondary N) is 2. The Balaban J connectivity index is 1.79. The highest BCUT2D eigenvalue weighted by Gasteiger charge is 2.05. The molecule has 0 aliphatic rings. The molecular formula is C17H16BrN5. The van der Waals surface area contributed by atoms with Crippen LogP contribution in [0.5, 0.6) is 0 Å². The number of hydrogen-bond donors (Lipinski definition) is 2. The molecule has 23 heavy (non-hydrogen) atoms. The summed E-state index contributed by atoms with van der Waals surface area (Å²) in [4.78, 5) is 4.44. The molecule has 116 valence electrons. The SMILES string of the molecule is Cc1cccc(Nc2cnnc(Nc3ccc(C)cc3Br)n2)c1. The third-order valence-electron chi connectivity index (χ3n) is 3.22. The van der Waals surface area contributed by atoms with Crippen molar-refractivity contribution in [2.45, 2.75) is 13.8 Å². The van der Waals surface area contributed by atoms with Crippen LogP contribution in [0.1, 0.15) is 11.1 Å². The topological polar surface area (TPSA) is 62.7 Å². The van der Waals surface area contributed by atoms with E-state index in [4.69, 9.17) is 0 Å². The Morgan fingerprint density at radius 3 is 2.57 bits per heavy atom. The zero-order chi connectivity index (χ0) is 16.2. The first-order valence-corrected chi connectivity index (χ1v) is 7.96. The lowest BCUT2D eigenvalue weighted by Gasteiger charge is -2.09. The maximum atomic E-state index is 4.44. The van der Waals surface area contributed by atoms with E-state index >= 15 is 0 Å². The van der Waals surface area contributed by atoms with Crippen LogP contribution in [-0.4, -0.2) is 15.2 Å². The fraction of sp³-hybridized carbons (Fsp3) is 0.118. The zero-order valence-electron chi connectivity index (χ0n) is 12.8. The van der Waals surface area contributed by atoms with Gasteiger partial charge >= 0.3 is 0 Å². The summed E-state index contributed by atoms with van der Waals surface area (Å²) in [6, 6.07) is 14.1. The number of anilines is 4. The molecule has 6 heteroatoms. The van der Waals surface area contributed by atoms with Gasteiger partial charge in [0.2, 0.25) is 5.95 Å². The first-order chi connectivity index (χ1) is 11.1. The number of benzene rings is 2. The first-order valence-electron chi connectivity index (χ1n) is 7.17. The lowest BCUT2D eigenvalue weighted by Crippen LogP contribution is -2.02. The molecule has 0 aliphatic heterocycles. The fourth-order valence-electron chi connectivity index (χ4n) is 2.13. The van der Waals surface area contributed by atoms with Crippen LogP contribution in [0.4, 0.5) is 23.1 Å². The van der Waals surface area contributed by atoms with Gasteiger partial charge in [0.1, 0.15) is 0 Å². The summed E-state index contributed by atoms with van der Waals surface area (Å²) in [5, 5.41) is 14.4. The molecule has 2 aromatic carbocycles. The Bertz CT molecular complexity index is 835. The number of aryl methyl sites for hydroxylation is 2. The second-order valence-electron chi connectivity index (χ2n) is 5.27. The van der Waals surface area contributed by atoms with Gasteiger partial charge in [0.15, 0.2) is 5.82 Å². The highest BCUT2D eigenvalue weighted by Crippen LogP contribution is 2.25. The molecule has 0 unspecified atom stereocenters. The third kappa shape index (κ3) is 4.04. The summed E-state index contributed by atoms with van der Waals surface area (Å²) < 4.78 is 0.957. The number of halogens is 1.